The van der Waals surface area contributed by atoms with Crippen molar-refractivity contribution in [2.75, 3.05) is 0 Å². The van der Waals surface area contributed by atoms with E-state index in [4.69, 9.17) is 0 Å². The van der Waals surface area contributed by atoms with Crippen LogP contribution in [0.25, 0.3) is 11.1 Å². The maximum absolute atomic E-state index is 13.6. The Balaban J connectivity index is 1.82. The van der Waals surface area contributed by atoms with Crippen LogP contribution in [0.3, 0.4) is 0 Å². The first-order chi connectivity index (χ1) is 14.0. The van der Waals surface area contributed by atoms with E-state index in [1.165, 1.54) is 12.1 Å². The van der Waals surface area contributed by atoms with Crippen LogP contribution in [0.15, 0.2) is 53.3 Å². The number of para-hydroxylation sites is 1. The van der Waals surface area contributed by atoms with Crippen molar-refractivity contribution in [3.63, 3.8) is 0 Å². The van der Waals surface area contributed by atoms with E-state index in [1.54, 1.807) is 22.9 Å². The molecule has 29 heavy (non-hydrogen) atoms. The fraction of sp³-hybridized carbons (Fsp3) is 0.333. The highest BCUT2D eigenvalue weighted by Crippen LogP contribution is 2.34. The summed E-state index contributed by atoms with van der Waals surface area (Å²) in [6, 6.07) is 13.6. The number of nitrogens with zero attached hydrogens (tertiary/aromatic N) is 2. The van der Waals surface area contributed by atoms with Gasteiger partial charge in [-0.05, 0) is 56.4 Å². The topological polar surface area (TPSA) is 55.1 Å². The summed E-state index contributed by atoms with van der Waals surface area (Å²) in [7, 11) is 0. The second-order valence-corrected chi connectivity index (χ2v) is 7.77. The summed E-state index contributed by atoms with van der Waals surface area (Å²) in [5.74, 6) is -0.153. The molecule has 2 aromatic carbocycles. The molecule has 0 aliphatic heterocycles. The minimum Gasteiger partial charge on any atom is -0.507 e. The van der Waals surface area contributed by atoms with E-state index in [0.717, 1.165) is 36.9 Å². The zero-order valence-corrected chi connectivity index (χ0v) is 16.6. The summed E-state index contributed by atoms with van der Waals surface area (Å²) < 4.78 is 15.2. The molecule has 150 valence electrons. The van der Waals surface area contributed by atoms with Crippen LogP contribution in [0, 0.1) is 12.7 Å². The summed E-state index contributed by atoms with van der Waals surface area (Å²) in [5.41, 5.74) is 3.41. The van der Waals surface area contributed by atoms with Gasteiger partial charge >= 0.3 is 0 Å². The van der Waals surface area contributed by atoms with Crippen LogP contribution in [0.5, 0.6) is 5.75 Å². The molecule has 1 fully saturated rings. The van der Waals surface area contributed by atoms with Gasteiger partial charge in [-0.3, -0.25) is 4.79 Å². The lowest BCUT2D eigenvalue weighted by atomic mass is 9.94. The molecule has 4 rings (SSSR count). The second-order valence-electron chi connectivity index (χ2n) is 7.77. The van der Waals surface area contributed by atoms with Gasteiger partial charge in [0.2, 0.25) is 0 Å². The molecule has 1 aliphatic rings. The summed E-state index contributed by atoms with van der Waals surface area (Å²) in [6.45, 7) is 1.89. The van der Waals surface area contributed by atoms with Gasteiger partial charge in [-0.1, -0.05) is 43.2 Å². The van der Waals surface area contributed by atoms with Crippen LogP contribution in [0.1, 0.15) is 48.5 Å². The Morgan fingerprint density at radius 3 is 2.59 bits per heavy atom. The predicted octanol–water partition coefficient (Wildman–Crippen LogP) is 4.96. The van der Waals surface area contributed by atoms with Gasteiger partial charge in [0.1, 0.15) is 11.6 Å². The van der Waals surface area contributed by atoms with E-state index in [0.29, 0.717) is 29.5 Å². The molecular formula is C24H25FN2O2. The Labute approximate surface area is 169 Å². The van der Waals surface area contributed by atoms with E-state index in [1.807, 2.05) is 25.1 Å². The molecule has 1 N–H and O–H groups in total. The number of hydrogen-bond donors (Lipinski definition) is 1. The van der Waals surface area contributed by atoms with Crippen molar-refractivity contribution in [3.05, 3.63) is 81.5 Å². The third-order valence-corrected chi connectivity index (χ3v) is 5.78. The predicted molar refractivity (Wildman–Crippen MR) is 112 cm³/mol. The average Bonchev–Trinajstić information content (AvgIpc) is 3.24. The standard InChI is InChI=1S/C24H25FN2O2/c1-16-23(20-11-4-5-12-22(20)28)21(14-13-17-7-6-8-18(25)15-17)24(29)27(26-16)19-9-2-3-10-19/h4-8,11-12,15,19,28H,2-3,9-10,13-14H2,1H3. The third kappa shape index (κ3) is 3.95. The van der Waals surface area contributed by atoms with Crippen LogP contribution >= 0.6 is 0 Å². The molecule has 1 aromatic heterocycles. The molecule has 0 bridgehead atoms. The molecule has 5 heteroatoms. The molecule has 0 saturated heterocycles. The number of rotatable bonds is 5. The largest absolute Gasteiger partial charge is 0.507 e. The van der Waals surface area contributed by atoms with Gasteiger partial charge in [0.05, 0.1) is 11.7 Å². The van der Waals surface area contributed by atoms with Crippen molar-refractivity contribution in [3.8, 4) is 16.9 Å². The smallest absolute Gasteiger partial charge is 0.270 e. The molecule has 0 unspecified atom stereocenters. The molecule has 0 spiro atoms. The van der Waals surface area contributed by atoms with Crippen molar-refractivity contribution in [1.82, 2.24) is 9.78 Å². The van der Waals surface area contributed by atoms with Gasteiger partial charge in [0.25, 0.3) is 5.56 Å². The zero-order valence-electron chi connectivity index (χ0n) is 16.6. The lowest BCUT2D eigenvalue weighted by Gasteiger charge is -2.19. The van der Waals surface area contributed by atoms with E-state index < -0.39 is 0 Å². The van der Waals surface area contributed by atoms with Crippen LogP contribution in [-0.4, -0.2) is 14.9 Å². The lowest BCUT2D eigenvalue weighted by molar-refractivity contribution is 0.436. The first kappa shape index (κ1) is 19.4. The Bertz CT molecular complexity index is 1080. The summed E-state index contributed by atoms with van der Waals surface area (Å²) in [4.78, 5) is 13.4. The zero-order chi connectivity index (χ0) is 20.4. The molecular weight excluding hydrogens is 367 g/mol. The number of benzene rings is 2. The number of aromatic hydroxyl groups is 1. The normalized spacial score (nSPS) is 14.4. The van der Waals surface area contributed by atoms with E-state index >= 15 is 0 Å². The number of phenols is 1. The summed E-state index contributed by atoms with van der Waals surface area (Å²) in [5, 5.41) is 15.1. The van der Waals surface area contributed by atoms with Gasteiger partial charge in [0, 0.05) is 16.7 Å². The van der Waals surface area contributed by atoms with E-state index in [-0.39, 0.29) is 23.2 Å². The van der Waals surface area contributed by atoms with E-state index in [9.17, 15) is 14.3 Å². The molecule has 3 aromatic rings. The minimum atomic E-state index is -0.280. The summed E-state index contributed by atoms with van der Waals surface area (Å²) in [6.07, 6.45) is 5.15. The molecule has 1 aliphatic carbocycles. The molecule has 0 radical (unpaired) electrons. The number of phenolic OH excluding ortho intramolecular Hbond substituents is 1. The van der Waals surface area contributed by atoms with Crippen molar-refractivity contribution in [2.24, 2.45) is 0 Å². The number of aryl methyl sites for hydroxylation is 2. The van der Waals surface area contributed by atoms with Gasteiger partial charge in [-0.25, -0.2) is 9.07 Å². The van der Waals surface area contributed by atoms with Crippen LogP contribution in [-0.2, 0) is 12.8 Å². The van der Waals surface area contributed by atoms with Crippen molar-refractivity contribution >= 4 is 0 Å². The molecule has 0 atom stereocenters. The Hall–Kier alpha value is -2.95. The quantitative estimate of drug-likeness (QED) is 0.667. The van der Waals surface area contributed by atoms with Crippen LogP contribution in [0.4, 0.5) is 4.39 Å². The SMILES string of the molecule is Cc1nn(C2CCCC2)c(=O)c(CCc2cccc(F)c2)c1-c1ccccc1O. The average molecular weight is 392 g/mol. The molecule has 1 heterocycles. The highest BCUT2D eigenvalue weighted by molar-refractivity contribution is 5.74. The Morgan fingerprint density at radius 2 is 1.86 bits per heavy atom. The fourth-order valence-electron chi connectivity index (χ4n) is 4.35. The van der Waals surface area contributed by atoms with E-state index in [2.05, 4.69) is 5.10 Å². The Kier molecular flexibility index (Phi) is 5.47. The van der Waals surface area contributed by atoms with Crippen molar-refractivity contribution < 1.29 is 9.50 Å². The van der Waals surface area contributed by atoms with Crippen LogP contribution < -0.4 is 5.56 Å². The highest BCUT2D eigenvalue weighted by Gasteiger charge is 2.24. The molecule has 1 saturated carbocycles. The number of halogens is 1. The fourth-order valence-corrected chi connectivity index (χ4v) is 4.35. The molecule has 4 nitrogen and oxygen atoms in total. The monoisotopic (exact) mass is 392 g/mol. The van der Waals surface area contributed by atoms with Crippen molar-refractivity contribution in [2.45, 2.75) is 51.5 Å². The second kappa shape index (κ2) is 8.19. The van der Waals surface area contributed by atoms with Crippen molar-refractivity contribution in [1.29, 1.82) is 0 Å². The van der Waals surface area contributed by atoms with Crippen LogP contribution in [0.2, 0.25) is 0 Å². The first-order valence-electron chi connectivity index (χ1n) is 10.2. The molecule has 0 amide bonds. The lowest BCUT2D eigenvalue weighted by Crippen LogP contribution is -2.31. The maximum Gasteiger partial charge on any atom is 0.270 e. The number of aromatic nitrogens is 2. The first-order valence-corrected chi connectivity index (χ1v) is 10.2. The van der Waals surface area contributed by atoms with Gasteiger partial charge < -0.3 is 5.11 Å². The number of hydrogen-bond acceptors (Lipinski definition) is 3. The van der Waals surface area contributed by atoms with Gasteiger partial charge in [-0.15, -0.1) is 0 Å². The third-order valence-electron chi connectivity index (χ3n) is 5.78. The summed E-state index contributed by atoms with van der Waals surface area (Å²) >= 11 is 0. The van der Waals surface area contributed by atoms with Gasteiger partial charge in [0.15, 0.2) is 0 Å². The Morgan fingerprint density at radius 1 is 1.10 bits per heavy atom. The van der Waals surface area contributed by atoms with Gasteiger partial charge in [-0.2, -0.15) is 5.10 Å². The maximum atomic E-state index is 13.6. The highest BCUT2D eigenvalue weighted by atomic mass is 19.1. The minimum absolute atomic E-state index is 0.0999.